The van der Waals surface area contributed by atoms with Gasteiger partial charge in [-0.2, -0.15) is 0 Å². The Kier molecular flexibility index (Phi) is 6.08. The minimum atomic E-state index is -3.90. The van der Waals surface area contributed by atoms with Crippen molar-refractivity contribution < 1.29 is 17.6 Å². The molecule has 0 radical (unpaired) electrons. The van der Waals surface area contributed by atoms with Crippen LogP contribution >= 0.6 is 0 Å². The third-order valence-electron chi connectivity index (χ3n) is 4.65. The van der Waals surface area contributed by atoms with E-state index in [-0.39, 0.29) is 22.9 Å². The van der Waals surface area contributed by atoms with Gasteiger partial charge in [0.05, 0.1) is 4.90 Å². The summed E-state index contributed by atoms with van der Waals surface area (Å²) in [5.41, 5.74) is 2.14. The van der Waals surface area contributed by atoms with E-state index in [0.29, 0.717) is 11.1 Å². The van der Waals surface area contributed by atoms with Gasteiger partial charge in [-0.25, -0.2) is 12.8 Å². The topological polar surface area (TPSA) is 76.1 Å². The SMILES string of the molecule is Cc1ccc(C(=O)NC[C@@H](c2cccnc2)S(=O)(=O)c2ccc(F)c(C)c2)cc1. The zero-order valence-electron chi connectivity index (χ0n) is 16.1. The first kappa shape index (κ1) is 20.7. The average Bonchev–Trinajstić information content (AvgIpc) is 2.71. The van der Waals surface area contributed by atoms with E-state index in [0.717, 1.165) is 11.6 Å². The van der Waals surface area contributed by atoms with E-state index in [4.69, 9.17) is 0 Å². The first-order valence-corrected chi connectivity index (χ1v) is 10.6. The number of halogens is 1. The van der Waals surface area contributed by atoms with E-state index in [1.54, 1.807) is 30.5 Å². The van der Waals surface area contributed by atoms with Crippen LogP contribution in [0.1, 0.15) is 32.3 Å². The third-order valence-corrected chi connectivity index (χ3v) is 6.75. The third kappa shape index (κ3) is 4.68. The van der Waals surface area contributed by atoms with Crippen LogP contribution in [0, 0.1) is 19.7 Å². The second-order valence-electron chi connectivity index (χ2n) is 6.81. The standard InChI is InChI=1S/C22H21FN2O3S/c1-15-5-7-17(8-6-15)22(26)25-14-21(18-4-3-11-24-13-18)29(27,28)19-9-10-20(23)16(2)12-19/h3-13,21H,14H2,1-2H3,(H,25,26)/t21-/m0/s1. The second kappa shape index (κ2) is 8.53. The number of sulfone groups is 1. The number of carbonyl (C=O) groups excluding carboxylic acids is 1. The molecule has 1 atom stereocenters. The summed E-state index contributed by atoms with van der Waals surface area (Å²) >= 11 is 0. The molecule has 0 unspecified atom stereocenters. The molecule has 150 valence electrons. The average molecular weight is 412 g/mol. The summed E-state index contributed by atoms with van der Waals surface area (Å²) in [7, 11) is -3.90. The molecule has 1 amide bonds. The molecule has 2 aromatic carbocycles. The Hall–Kier alpha value is -3.06. The van der Waals surface area contributed by atoms with Crippen molar-refractivity contribution in [3.05, 3.63) is 95.1 Å². The summed E-state index contributed by atoms with van der Waals surface area (Å²) in [6.07, 6.45) is 3.00. The van der Waals surface area contributed by atoms with E-state index in [2.05, 4.69) is 10.3 Å². The van der Waals surface area contributed by atoms with Gasteiger partial charge >= 0.3 is 0 Å². The van der Waals surface area contributed by atoms with Crippen molar-refractivity contribution in [1.82, 2.24) is 10.3 Å². The van der Waals surface area contributed by atoms with Gasteiger partial charge in [0.1, 0.15) is 11.1 Å². The van der Waals surface area contributed by atoms with E-state index >= 15 is 0 Å². The van der Waals surface area contributed by atoms with Gasteiger partial charge in [-0.15, -0.1) is 0 Å². The highest BCUT2D eigenvalue weighted by Gasteiger charge is 2.30. The molecule has 5 nitrogen and oxygen atoms in total. The van der Waals surface area contributed by atoms with Crippen LogP contribution in [0.3, 0.4) is 0 Å². The summed E-state index contributed by atoms with van der Waals surface area (Å²) in [6, 6.07) is 13.9. The molecule has 0 saturated carbocycles. The maximum atomic E-state index is 13.6. The number of nitrogens with one attached hydrogen (secondary N) is 1. The monoisotopic (exact) mass is 412 g/mol. The Morgan fingerprint density at radius 1 is 1.10 bits per heavy atom. The molecule has 0 bridgehead atoms. The minimum Gasteiger partial charge on any atom is -0.350 e. The highest BCUT2D eigenvalue weighted by atomic mass is 32.2. The molecule has 1 aromatic heterocycles. The molecule has 7 heteroatoms. The number of pyridine rings is 1. The largest absolute Gasteiger partial charge is 0.350 e. The Morgan fingerprint density at radius 2 is 1.83 bits per heavy atom. The molecular formula is C22H21FN2O3S. The van der Waals surface area contributed by atoms with Crippen molar-refractivity contribution in [2.45, 2.75) is 24.0 Å². The molecule has 29 heavy (non-hydrogen) atoms. The molecule has 0 spiro atoms. The number of nitrogens with zero attached hydrogens (tertiary/aromatic N) is 1. The fraction of sp³-hybridized carbons (Fsp3) is 0.182. The normalized spacial score (nSPS) is 12.4. The zero-order chi connectivity index (χ0) is 21.0. The number of aryl methyl sites for hydroxylation is 2. The van der Waals surface area contributed by atoms with Crippen LogP contribution in [0.4, 0.5) is 4.39 Å². The number of carbonyl (C=O) groups is 1. The van der Waals surface area contributed by atoms with Crippen molar-refractivity contribution in [2.75, 3.05) is 6.54 Å². The summed E-state index contributed by atoms with van der Waals surface area (Å²) in [5, 5.41) is 1.64. The van der Waals surface area contributed by atoms with Gasteiger partial charge in [-0.05, 0) is 61.4 Å². The van der Waals surface area contributed by atoms with Gasteiger partial charge < -0.3 is 5.32 Å². The lowest BCUT2D eigenvalue weighted by Crippen LogP contribution is -2.32. The van der Waals surface area contributed by atoms with Crippen LogP contribution in [0.25, 0.3) is 0 Å². The van der Waals surface area contributed by atoms with Crippen LogP contribution < -0.4 is 5.32 Å². The lowest BCUT2D eigenvalue weighted by Gasteiger charge is -2.19. The van der Waals surface area contributed by atoms with E-state index in [1.165, 1.54) is 25.3 Å². The lowest BCUT2D eigenvalue weighted by molar-refractivity contribution is 0.0953. The molecule has 0 fully saturated rings. The van der Waals surface area contributed by atoms with Crippen molar-refractivity contribution in [2.24, 2.45) is 0 Å². The summed E-state index contributed by atoms with van der Waals surface area (Å²) in [6.45, 7) is 3.28. The Labute approximate surface area is 169 Å². The van der Waals surface area contributed by atoms with Gasteiger partial charge in [-0.3, -0.25) is 9.78 Å². The van der Waals surface area contributed by atoms with Gasteiger partial charge in [0.2, 0.25) is 0 Å². The van der Waals surface area contributed by atoms with Crippen molar-refractivity contribution in [3.8, 4) is 0 Å². The summed E-state index contributed by atoms with van der Waals surface area (Å²) < 4.78 is 40.2. The number of hydrogen-bond donors (Lipinski definition) is 1. The summed E-state index contributed by atoms with van der Waals surface area (Å²) in [4.78, 5) is 16.5. The smallest absolute Gasteiger partial charge is 0.251 e. The number of amides is 1. The molecule has 3 rings (SSSR count). The van der Waals surface area contributed by atoms with Gasteiger partial charge in [0, 0.05) is 24.5 Å². The van der Waals surface area contributed by atoms with Crippen molar-refractivity contribution in [3.63, 3.8) is 0 Å². The summed E-state index contributed by atoms with van der Waals surface area (Å²) in [5.74, 6) is -0.848. The lowest BCUT2D eigenvalue weighted by atomic mass is 10.1. The molecule has 0 aliphatic carbocycles. The fourth-order valence-electron chi connectivity index (χ4n) is 2.92. The van der Waals surface area contributed by atoms with Gasteiger partial charge in [0.15, 0.2) is 9.84 Å². The maximum Gasteiger partial charge on any atom is 0.251 e. The van der Waals surface area contributed by atoms with Gasteiger partial charge in [-0.1, -0.05) is 23.8 Å². The van der Waals surface area contributed by atoms with Gasteiger partial charge in [0.25, 0.3) is 5.91 Å². The number of aromatic nitrogens is 1. The Bertz CT molecular complexity index is 1110. The number of rotatable bonds is 6. The predicted octanol–water partition coefficient (Wildman–Crippen LogP) is 3.78. The number of hydrogen-bond acceptors (Lipinski definition) is 4. The van der Waals surface area contributed by atoms with Crippen LogP contribution in [-0.4, -0.2) is 25.9 Å². The molecule has 0 aliphatic heterocycles. The van der Waals surface area contributed by atoms with Crippen molar-refractivity contribution >= 4 is 15.7 Å². The quantitative estimate of drug-likeness (QED) is 0.625. The Morgan fingerprint density at radius 3 is 2.45 bits per heavy atom. The van der Waals surface area contributed by atoms with E-state index in [1.807, 2.05) is 19.1 Å². The molecule has 3 aromatic rings. The predicted molar refractivity (Wildman–Crippen MR) is 109 cm³/mol. The second-order valence-corrected chi connectivity index (χ2v) is 8.94. The number of benzene rings is 2. The molecule has 0 aliphatic rings. The highest BCUT2D eigenvalue weighted by molar-refractivity contribution is 7.91. The van der Waals surface area contributed by atoms with E-state index < -0.39 is 20.9 Å². The van der Waals surface area contributed by atoms with Crippen LogP contribution in [-0.2, 0) is 9.84 Å². The fourth-order valence-corrected chi connectivity index (χ4v) is 4.65. The first-order chi connectivity index (χ1) is 13.8. The molecule has 1 N–H and O–H groups in total. The Balaban J connectivity index is 1.91. The highest BCUT2D eigenvalue weighted by Crippen LogP contribution is 2.29. The zero-order valence-corrected chi connectivity index (χ0v) is 16.9. The maximum absolute atomic E-state index is 13.6. The molecule has 0 saturated heterocycles. The molecular weight excluding hydrogens is 391 g/mol. The molecule has 1 heterocycles. The van der Waals surface area contributed by atoms with Crippen LogP contribution in [0.5, 0.6) is 0 Å². The van der Waals surface area contributed by atoms with Crippen LogP contribution in [0.2, 0.25) is 0 Å². The minimum absolute atomic E-state index is 0.00478. The van der Waals surface area contributed by atoms with Crippen molar-refractivity contribution in [1.29, 1.82) is 0 Å². The van der Waals surface area contributed by atoms with Crippen LogP contribution in [0.15, 0.2) is 71.9 Å². The first-order valence-electron chi connectivity index (χ1n) is 9.04. The van der Waals surface area contributed by atoms with E-state index in [9.17, 15) is 17.6 Å².